The highest BCUT2D eigenvalue weighted by Gasteiger charge is 2.13. The average molecular weight is 456 g/mol. The monoisotopic (exact) mass is 455 g/mol. The fraction of sp³-hybridized carbons (Fsp3) is 0.273. The van der Waals surface area contributed by atoms with Gasteiger partial charge in [0.2, 0.25) is 5.88 Å². The number of halogens is 2. The Morgan fingerprint density at radius 2 is 1.97 bits per heavy atom. The molecule has 2 aromatic carbocycles. The Morgan fingerprint density at radius 3 is 2.72 bits per heavy atom. The minimum Gasteiger partial charge on any atom is -0.495 e. The van der Waals surface area contributed by atoms with Crippen LogP contribution >= 0.6 is 15.9 Å². The van der Waals surface area contributed by atoms with E-state index in [2.05, 4.69) is 42.6 Å². The highest BCUT2D eigenvalue weighted by atomic mass is 79.9. The van der Waals surface area contributed by atoms with Crippen molar-refractivity contribution in [3.05, 3.63) is 52.5 Å². The molecule has 1 aromatic heterocycles. The van der Waals surface area contributed by atoms with E-state index in [0.717, 1.165) is 25.2 Å². The molecule has 5 nitrogen and oxygen atoms in total. The highest BCUT2D eigenvalue weighted by molar-refractivity contribution is 9.10. The number of likely N-dealkylation sites (tertiary alicyclic amines) is 1. The standard InChI is InChI=1S/C22H19BrFN3O2/c1-28-21-13-17-19(11-15(21)5-4-10-27-8-2-3-9-27)25-14-26-22(17)29-20-7-6-16(24)12-18(20)23/h6-7,11-14H,2-3,8-10H2,1H3. The number of methoxy groups -OCH3 is 1. The molecule has 0 amide bonds. The number of nitrogens with zero attached hydrogens (tertiary/aromatic N) is 3. The summed E-state index contributed by atoms with van der Waals surface area (Å²) in [6, 6.07) is 7.91. The van der Waals surface area contributed by atoms with Crippen molar-refractivity contribution in [2.24, 2.45) is 0 Å². The van der Waals surface area contributed by atoms with Crippen LogP contribution in [0.1, 0.15) is 18.4 Å². The largest absolute Gasteiger partial charge is 0.495 e. The molecular weight excluding hydrogens is 437 g/mol. The second kappa shape index (κ2) is 8.76. The second-order valence-corrected chi connectivity index (χ2v) is 7.56. The summed E-state index contributed by atoms with van der Waals surface area (Å²) < 4.78 is 25.3. The van der Waals surface area contributed by atoms with E-state index in [1.54, 1.807) is 13.2 Å². The maximum absolute atomic E-state index is 13.3. The molecule has 0 unspecified atom stereocenters. The predicted molar refractivity (Wildman–Crippen MR) is 113 cm³/mol. The molecule has 0 bridgehead atoms. The summed E-state index contributed by atoms with van der Waals surface area (Å²) in [5, 5.41) is 0.686. The van der Waals surface area contributed by atoms with Crippen LogP contribution in [0.3, 0.4) is 0 Å². The fourth-order valence-electron chi connectivity index (χ4n) is 3.26. The molecule has 1 fully saturated rings. The van der Waals surface area contributed by atoms with Gasteiger partial charge in [-0.15, -0.1) is 0 Å². The fourth-order valence-corrected chi connectivity index (χ4v) is 3.69. The first kappa shape index (κ1) is 19.6. The first-order valence-corrected chi connectivity index (χ1v) is 10.1. The molecule has 7 heteroatoms. The zero-order chi connectivity index (χ0) is 20.2. The Balaban J connectivity index is 1.66. The smallest absolute Gasteiger partial charge is 0.230 e. The summed E-state index contributed by atoms with van der Waals surface area (Å²) in [5.74, 6) is 7.52. The molecule has 0 atom stereocenters. The molecule has 0 radical (unpaired) electrons. The Hall–Kier alpha value is -2.69. The molecule has 0 N–H and O–H groups in total. The lowest BCUT2D eigenvalue weighted by atomic mass is 10.1. The van der Waals surface area contributed by atoms with Crippen molar-refractivity contribution in [1.29, 1.82) is 0 Å². The summed E-state index contributed by atoms with van der Waals surface area (Å²) in [6.45, 7) is 2.96. The van der Waals surface area contributed by atoms with Crippen molar-refractivity contribution in [2.45, 2.75) is 12.8 Å². The second-order valence-electron chi connectivity index (χ2n) is 6.71. The molecule has 0 saturated carbocycles. The van der Waals surface area contributed by atoms with Gasteiger partial charge in [0.25, 0.3) is 0 Å². The summed E-state index contributed by atoms with van der Waals surface area (Å²) in [4.78, 5) is 10.9. The maximum Gasteiger partial charge on any atom is 0.230 e. The third kappa shape index (κ3) is 4.50. The number of ether oxygens (including phenoxy) is 2. The Morgan fingerprint density at radius 1 is 1.14 bits per heavy atom. The van der Waals surface area contributed by atoms with Gasteiger partial charge in [-0.3, -0.25) is 4.90 Å². The minimum atomic E-state index is -0.351. The number of aromatic nitrogens is 2. The van der Waals surface area contributed by atoms with Crippen molar-refractivity contribution in [3.8, 4) is 29.2 Å². The number of fused-ring (bicyclic) bond motifs is 1. The van der Waals surface area contributed by atoms with Gasteiger partial charge in [-0.05, 0) is 72.2 Å². The van der Waals surface area contributed by atoms with E-state index in [-0.39, 0.29) is 5.82 Å². The lowest BCUT2D eigenvalue weighted by molar-refractivity contribution is 0.383. The van der Waals surface area contributed by atoms with Gasteiger partial charge in [-0.1, -0.05) is 11.8 Å². The van der Waals surface area contributed by atoms with Gasteiger partial charge < -0.3 is 9.47 Å². The van der Waals surface area contributed by atoms with Crippen LogP contribution in [0.25, 0.3) is 10.9 Å². The van der Waals surface area contributed by atoms with Gasteiger partial charge in [0.15, 0.2) is 0 Å². The molecule has 0 aliphatic carbocycles. The van der Waals surface area contributed by atoms with Crippen molar-refractivity contribution in [3.63, 3.8) is 0 Å². The number of hydrogen-bond donors (Lipinski definition) is 0. The van der Waals surface area contributed by atoms with E-state index in [0.29, 0.717) is 32.8 Å². The topological polar surface area (TPSA) is 47.5 Å². The van der Waals surface area contributed by atoms with E-state index in [1.165, 1.54) is 31.3 Å². The van der Waals surface area contributed by atoms with Crippen molar-refractivity contribution >= 4 is 26.8 Å². The zero-order valence-corrected chi connectivity index (χ0v) is 17.5. The third-order valence-corrected chi connectivity index (χ3v) is 5.36. The molecule has 148 valence electrons. The summed E-state index contributed by atoms with van der Waals surface area (Å²) in [7, 11) is 1.60. The summed E-state index contributed by atoms with van der Waals surface area (Å²) in [6.07, 6.45) is 3.92. The van der Waals surface area contributed by atoms with Gasteiger partial charge in [0.05, 0.1) is 34.6 Å². The lowest BCUT2D eigenvalue weighted by Crippen LogP contribution is -2.18. The average Bonchev–Trinajstić information content (AvgIpc) is 3.23. The van der Waals surface area contributed by atoms with Crippen LogP contribution in [-0.4, -0.2) is 41.6 Å². The van der Waals surface area contributed by atoms with Crippen molar-refractivity contribution in [2.75, 3.05) is 26.7 Å². The normalized spacial score (nSPS) is 13.9. The highest BCUT2D eigenvalue weighted by Crippen LogP contribution is 2.34. The molecule has 0 spiro atoms. The van der Waals surface area contributed by atoms with Gasteiger partial charge in [0, 0.05) is 0 Å². The van der Waals surface area contributed by atoms with E-state index >= 15 is 0 Å². The van der Waals surface area contributed by atoms with Crippen LogP contribution in [0.15, 0.2) is 41.1 Å². The van der Waals surface area contributed by atoms with Crippen molar-refractivity contribution < 1.29 is 13.9 Å². The quantitative estimate of drug-likeness (QED) is 0.529. The molecule has 3 aromatic rings. The van der Waals surface area contributed by atoms with Crippen LogP contribution in [0.2, 0.25) is 0 Å². The molecule has 1 saturated heterocycles. The number of benzene rings is 2. The first-order valence-electron chi connectivity index (χ1n) is 9.31. The summed E-state index contributed by atoms with van der Waals surface area (Å²) >= 11 is 3.31. The SMILES string of the molecule is COc1cc2c(Oc3ccc(F)cc3Br)ncnc2cc1C#CCN1CCCC1. The Kier molecular flexibility index (Phi) is 5.93. The minimum absolute atomic E-state index is 0.351. The van der Waals surface area contributed by atoms with Gasteiger partial charge in [-0.2, -0.15) is 0 Å². The Bertz CT molecular complexity index is 1100. The molecule has 29 heavy (non-hydrogen) atoms. The van der Waals surface area contributed by atoms with Gasteiger partial charge in [0.1, 0.15) is 23.6 Å². The molecule has 1 aliphatic rings. The molecule has 1 aliphatic heterocycles. The van der Waals surface area contributed by atoms with E-state index in [9.17, 15) is 4.39 Å². The lowest BCUT2D eigenvalue weighted by Gasteiger charge is -2.11. The zero-order valence-electron chi connectivity index (χ0n) is 15.9. The Labute approximate surface area is 177 Å². The number of rotatable bonds is 4. The van der Waals surface area contributed by atoms with Crippen LogP contribution in [-0.2, 0) is 0 Å². The predicted octanol–water partition coefficient (Wildman–Crippen LogP) is 4.78. The van der Waals surface area contributed by atoms with Crippen LogP contribution in [0.5, 0.6) is 17.4 Å². The first-order chi connectivity index (χ1) is 14.1. The number of hydrogen-bond acceptors (Lipinski definition) is 5. The van der Waals surface area contributed by atoms with Crippen LogP contribution < -0.4 is 9.47 Å². The van der Waals surface area contributed by atoms with E-state index in [1.807, 2.05) is 12.1 Å². The molecule has 2 heterocycles. The molecular formula is C22H19BrFN3O2. The van der Waals surface area contributed by atoms with Crippen LogP contribution in [0, 0.1) is 17.7 Å². The van der Waals surface area contributed by atoms with Gasteiger partial charge in [-0.25, -0.2) is 14.4 Å². The third-order valence-electron chi connectivity index (χ3n) is 4.74. The van der Waals surface area contributed by atoms with Gasteiger partial charge >= 0.3 is 0 Å². The van der Waals surface area contributed by atoms with E-state index in [4.69, 9.17) is 9.47 Å². The van der Waals surface area contributed by atoms with Crippen molar-refractivity contribution in [1.82, 2.24) is 14.9 Å². The maximum atomic E-state index is 13.3. The van der Waals surface area contributed by atoms with E-state index < -0.39 is 0 Å². The van der Waals surface area contributed by atoms with Crippen LogP contribution in [0.4, 0.5) is 4.39 Å². The molecule has 4 rings (SSSR count). The summed E-state index contributed by atoms with van der Waals surface area (Å²) in [5.41, 5.74) is 1.46.